The summed E-state index contributed by atoms with van der Waals surface area (Å²) in [5, 5.41) is 3.56. The SMILES string of the molecule is CC(C)C(CN)CNCC(C)(C)c1ccncc1. The molecule has 0 radical (unpaired) electrons. The van der Waals surface area contributed by atoms with Crippen molar-refractivity contribution >= 4 is 0 Å². The Morgan fingerprint density at radius 2 is 1.89 bits per heavy atom. The van der Waals surface area contributed by atoms with E-state index in [0.717, 1.165) is 19.6 Å². The summed E-state index contributed by atoms with van der Waals surface area (Å²) in [5.41, 5.74) is 7.23. The first-order valence-electron chi connectivity index (χ1n) is 6.78. The van der Waals surface area contributed by atoms with Gasteiger partial charge in [0.05, 0.1) is 0 Å². The van der Waals surface area contributed by atoms with E-state index < -0.39 is 0 Å². The smallest absolute Gasteiger partial charge is 0.0270 e. The Hall–Kier alpha value is -0.930. The van der Waals surface area contributed by atoms with Crippen molar-refractivity contribution < 1.29 is 0 Å². The van der Waals surface area contributed by atoms with Gasteiger partial charge in [-0.1, -0.05) is 27.7 Å². The van der Waals surface area contributed by atoms with Crippen LogP contribution < -0.4 is 11.1 Å². The molecule has 0 fully saturated rings. The van der Waals surface area contributed by atoms with Crippen molar-refractivity contribution in [3.8, 4) is 0 Å². The van der Waals surface area contributed by atoms with Crippen LogP contribution in [0, 0.1) is 11.8 Å². The molecule has 102 valence electrons. The van der Waals surface area contributed by atoms with Crippen molar-refractivity contribution in [2.45, 2.75) is 33.1 Å². The first kappa shape index (κ1) is 15.1. The van der Waals surface area contributed by atoms with Gasteiger partial charge >= 0.3 is 0 Å². The van der Waals surface area contributed by atoms with Crippen LogP contribution in [-0.4, -0.2) is 24.6 Å². The lowest BCUT2D eigenvalue weighted by Crippen LogP contribution is -2.38. The number of nitrogens with one attached hydrogen (secondary N) is 1. The molecule has 3 heteroatoms. The normalized spacial score (nSPS) is 13.9. The van der Waals surface area contributed by atoms with Crippen LogP contribution in [0.4, 0.5) is 0 Å². The van der Waals surface area contributed by atoms with Crippen molar-refractivity contribution in [2.24, 2.45) is 17.6 Å². The average molecular weight is 249 g/mol. The van der Waals surface area contributed by atoms with E-state index in [2.05, 4.69) is 50.1 Å². The number of nitrogens with two attached hydrogens (primary N) is 1. The summed E-state index contributed by atoms with van der Waals surface area (Å²) in [5.74, 6) is 1.18. The predicted octanol–water partition coefficient (Wildman–Crippen LogP) is 2.18. The third-order valence-electron chi connectivity index (χ3n) is 3.68. The van der Waals surface area contributed by atoms with Crippen LogP contribution >= 0.6 is 0 Å². The van der Waals surface area contributed by atoms with Gasteiger partial charge in [-0.15, -0.1) is 0 Å². The average Bonchev–Trinajstić information content (AvgIpc) is 2.35. The summed E-state index contributed by atoms with van der Waals surface area (Å²) in [6, 6.07) is 4.18. The number of rotatable bonds is 7. The van der Waals surface area contributed by atoms with Gasteiger partial charge in [-0.05, 0) is 42.6 Å². The van der Waals surface area contributed by atoms with Gasteiger partial charge in [0.1, 0.15) is 0 Å². The quantitative estimate of drug-likeness (QED) is 0.779. The zero-order valence-corrected chi connectivity index (χ0v) is 12.1. The molecule has 0 bridgehead atoms. The summed E-state index contributed by atoms with van der Waals surface area (Å²) in [6.07, 6.45) is 3.71. The molecule has 18 heavy (non-hydrogen) atoms. The Labute approximate surface area is 111 Å². The van der Waals surface area contributed by atoms with Crippen LogP contribution in [0.5, 0.6) is 0 Å². The number of hydrogen-bond acceptors (Lipinski definition) is 3. The molecule has 0 saturated heterocycles. The fraction of sp³-hybridized carbons (Fsp3) is 0.667. The Morgan fingerprint density at radius 3 is 2.39 bits per heavy atom. The third kappa shape index (κ3) is 4.39. The van der Waals surface area contributed by atoms with E-state index in [1.165, 1.54) is 5.56 Å². The summed E-state index contributed by atoms with van der Waals surface area (Å²) in [4.78, 5) is 4.07. The maximum absolute atomic E-state index is 5.79. The molecule has 1 aromatic rings. The van der Waals surface area contributed by atoms with Crippen LogP contribution in [0.2, 0.25) is 0 Å². The monoisotopic (exact) mass is 249 g/mol. The molecule has 1 aromatic heterocycles. The first-order chi connectivity index (χ1) is 8.47. The van der Waals surface area contributed by atoms with Gasteiger partial charge in [-0.3, -0.25) is 4.98 Å². The fourth-order valence-electron chi connectivity index (χ4n) is 2.07. The molecule has 0 amide bonds. The van der Waals surface area contributed by atoms with Crippen molar-refractivity contribution in [3.63, 3.8) is 0 Å². The molecule has 0 aliphatic heterocycles. The van der Waals surface area contributed by atoms with E-state index >= 15 is 0 Å². The molecule has 0 aliphatic rings. The maximum Gasteiger partial charge on any atom is 0.0270 e. The molecule has 1 atom stereocenters. The highest BCUT2D eigenvalue weighted by atomic mass is 14.9. The Bertz CT molecular complexity index is 333. The highest BCUT2D eigenvalue weighted by molar-refractivity contribution is 5.20. The molecule has 0 aliphatic carbocycles. The lowest BCUT2D eigenvalue weighted by atomic mass is 9.85. The van der Waals surface area contributed by atoms with Crippen LogP contribution in [-0.2, 0) is 5.41 Å². The Morgan fingerprint density at radius 1 is 1.28 bits per heavy atom. The highest BCUT2D eigenvalue weighted by Gasteiger charge is 2.20. The summed E-state index contributed by atoms with van der Waals surface area (Å²) in [6.45, 7) is 11.7. The minimum absolute atomic E-state index is 0.124. The van der Waals surface area contributed by atoms with Crippen LogP contribution in [0.3, 0.4) is 0 Å². The molecule has 3 N–H and O–H groups in total. The Balaban J connectivity index is 2.47. The second-order valence-electron chi connectivity index (χ2n) is 5.99. The molecule has 0 spiro atoms. The maximum atomic E-state index is 5.79. The Kier molecular flexibility index (Phi) is 5.76. The standard InChI is InChI=1S/C15H27N3/c1-12(2)13(9-16)10-18-11-15(3,4)14-5-7-17-8-6-14/h5-8,12-13,18H,9-11,16H2,1-4H3. The van der Waals surface area contributed by atoms with Gasteiger partial charge in [0, 0.05) is 24.4 Å². The molecular formula is C15H27N3. The van der Waals surface area contributed by atoms with Crippen molar-refractivity contribution in [2.75, 3.05) is 19.6 Å². The minimum atomic E-state index is 0.124. The van der Waals surface area contributed by atoms with Crippen LogP contribution in [0.1, 0.15) is 33.3 Å². The second kappa shape index (κ2) is 6.86. The van der Waals surface area contributed by atoms with Gasteiger partial charge in [-0.25, -0.2) is 0 Å². The minimum Gasteiger partial charge on any atom is -0.330 e. The number of aromatic nitrogens is 1. The van der Waals surface area contributed by atoms with Gasteiger partial charge in [-0.2, -0.15) is 0 Å². The number of hydrogen-bond donors (Lipinski definition) is 2. The van der Waals surface area contributed by atoms with E-state index in [-0.39, 0.29) is 5.41 Å². The molecule has 1 heterocycles. The van der Waals surface area contributed by atoms with E-state index in [0.29, 0.717) is 11.8 Å². The predicted molar refractivity (Wildman–Crippen MR) is 77.5 cm³/mol. The van der Waals surface area contributed by atoms with Crippen molar-refractivity contribution in [1.82, 2.24) is 10.3 Å². The molecule has 0 saturated carbocycles. The van der Waals surface area contributed by atoms with E-state index in [4.69, 9.17) is 5.73 Å². The summed E-state index contributed by atoms with van der Waals surface area (Å²) < 4.78 is 0. The van der Waals surface area contributed by atoms with Gasteiger partial charge in [0.2, 0.25) is 0 Å². The first-order valence-corrected chi connectivity index (χ1v) is 6.78. The highest BCUT2D eigenvalue weighted by Crippen LogP contribution is 2.21. The molecule has 0 aromatic carbocycles. The zero-order chi connectivity index (χ0) is 13.6. The van der Waals surface area contributed by atoms with E-state index in [1.807, 2.05) is 12.4 Å². The molecule has 3 nitrogen and oxygen atoms in total. The topological polar surface area (TPSA) is 50.9 Å². The van der Waals surface area contributed by atoms with Gasteiger partial charge in [0.15, 0.2) is 0 Å². The summed E-state index contributed by atoms with van der Waals surface area (Å²) in [7, 11) is 0. The number of pyridine rings is 1. The second-order valence-corrected chi connectivity index (χ2v) is 5.99. The van der Waals surface area contributed by atoms with Gasteiger partial charge in [0.25, 0.3) is 0 Å². The fourth-order valence-corrected chi connectivity index (χ4v) is 2.07. The third-order valence-corrected chi connectivity index (χ3v) is 3.68. The van der Waals surface area contributed by atoms with Crippen LogP contribution in [0.15, 0.2) is 24.5 Å². The van der Waals surface area contributed by atoms with Gasteiger partial charge < -0.3 is 11.1 Å². The lowest BCUT2D eigenvalue weighted by Gasteiger charge is -2.27. The molecule has 1 unspecified atom stereocenters. The van der Waals surface area contributed by atoms with Crippen molar-refractivity contribution in [3.05, 3.63) is 30.1 Å². The zero-order valence-electron chi connectivity index (χ0n) is 12.1. The largest absolute Gasteiger partial charge is 0.330 e. The van der Waals surface area contributed by atoms with E-state index in [1.54, 1.807) is 0 Å². The number of nitrogens with zero attached hydrogens (tertiary/aromatic N) is 1. The lowest BCUT2D eigenvalue weighted by molar-refractivity contribution is 0.352. The summed E-state index contributed by atoms with van der Waals surface area (Å²) >= 11 is 0. The van der Waals surface area contributed by atoms with Crippen LogP contribution in [0.25, 0.3) is 0 Å². The molecule has 1 rings (SSSR count). The molecular weight excluding hydrogens is 222 g/mol. The van der Waals surface area contributed by atoms with E-state index in [9.17, 15) is 0 Å². The van der Waals surface area contributed by atoms with Crippen molar-refractivity contribution in [1.29, 1.82) is 0 Å².